The van der Waals surface area contributed by atoms with Crippen molar-refractivity contribution in [3.63, 3.8) is 0 Å². The zero-order valence-corrected chi connectivity index (χ0v) is 21.5. The second-order valence-corrected chi connectivity index (χ2v) is 12.5. The molecule has 0 amide bonds. The number of piperazine rings is 1. The van der Waals surface area contributed by atoms with E-state index in [9.17, 15) is 8.42 Å². The van der Waals surface area contributed by atoms with Crippen molar-refractivity contribution in [1.29, 1.82) is 0 Å². The molecule has 0 saturated carbocycles. The SMILES string of the molecule is CN1CCN(C2=CN=C3C(C4CCN(S(=O)(=O)c5csc6ccccc56)CC4)=NC=NC3C2)CC1. The molecule has 10 heteroatoms. The van der Waals surface area contributed by atoms with Crippen molar-refractivity contribution >= 4 is 49.2 Å². The monoisotopic (exact) mass is 510 g/mol. The quantitative estimate of drug-likeness (QED) is 0.633. The number of aliphatic imine (C=N–C) groups is 3. The smallest absolute Gasteiger partial charge is 0.244 e. The average Bonchev–Trinajstić information content (AvgIpc) is 3.34. The highest BCUT2D eigenvalue weighted by atomic mass is 32.2. The van der Waals surface area contributed by atoms with Crippen LogP contribution in [0, 0.1) is 5.92 Å². The van der Waals surface area contributed by atoms with Gasteiger partial charge in [-0.15, -0.1) is 11.3 Å². The van der Waals surface area contributed by atoms with Crippen molar-refractivity contribution in [2.24, 2.45) is 20.9 Å². The van der Waals surface area contributed by atoms with Gasteiger partial charge in [0.2, 0.25) is 10.0 Å². The molecule has 8 nitrogen and oxygen atoms in total. The van der Waals surface area contributed by atoms with E-state index in [1.165, 1.54) is 17.0 Å². The van der Waals surface area contributed by atoms with Gasteiger partial charge in [0.05, 0.1) is 11.4 Å². The van der Waals surface area contributed by atoms with E-state index in [-0.39, 0.29) is 12.0 Å². The zero-order valence-electron chi connectivity index (χ0n) is 19.9. The Kier molecular flexibility index (Phi) is 6.08. The third-order valence-corrected chi connectivity index (χ3v) is 10.6. The van der Waals surface area contributed by atoms with Gasteiger partial charge in [0, 0.05) is 79.0 Å². The van der Waals surface area contributed by atoms with E-state index in [0.29, 0.717) is 18.0 Å². The van der Waals surface area contributed by atoms with Gasteiger partial charge < -0.3 is 9.80 Å². The molecule has 2 fully saturated rings. The van der Waals surface area contributed by atoms with Gasteiger partial charge in [-0.1, -0.05) is 18.2 Å². The number of nitrogens with zero attached hydrogens (tertiary/aromatic N) is 6. The summed E-state index contributed by atoms with van der Waals surface area (Å²) >= 11 is 1.48. The van der Waals surface area contributed by atoms with Crippen LogP contribution in [0.2, 0.25) is 0 Å². The number of thiophene rings is 1. The fourth-order valence-corrected chi connectivity index (χ4v) is 8.40. The molecule has 0 aliphatic carbocycles. The highest BCUT2D eigenvalue weighted by molar-refractivity contribution is 7.89. The molecule has 0 bridgehead atoms. The molecule has 2 saturated heterocycles. The van der Waals surface area contributed by atoms with Crippen LogP contribution in [-0.4, -0.2) is 92.6 Å². The van der Waals surface area contributed by atoms with Crippen LogP contribution < -0.4 is 0 Å². The predicted molar refractivity (Wildman–Crippen MR) is 142 cm³/mol. The number of rotatable bonds is 4. The van der Waals surface area contributed by atoms with E-state index in [4.69, 9.17) is 4.99 Å². The van der Waals surface area contributed by atoms with E-state index in [1.807, 2.05) is 30.5 Å². The second-order valence-electron chi connectivity index (χ2n) is 9.70. The summed E-state index contributed by atoms with van der Waals surface area (Å²) < 4.78 is 29.5. The molecule has 1 aromatic carbocycles. The Morgan fingerprint density at radius 3 is 2.54 bits per heavy atom. The molecule has 0 N–H and O–H groups in total. The molecule has 1 atom stereocenters. The number of piperidine rings is 1. The summed E-state index contributed by atoms with van der Waals surface area (Å²) in [6, 6.07) is 7.72. The largest absolute Gasteiger partial charge is 0.371 e. The normalized spacial score (nSPS) is 24.8. The first-order valence-corrected chi connectivity index (χ1v) is 14.6. The first-order valence-electron chi connectivity index (χ1n) is 12.3. The van der Waals surface area contributed by atoms with Gasteiger partial charge in [0.25, 0.3) is 0 Å². The van der Waals surface area contributed by atoms with E-state index in [0.717, 1.165) is 67.0 Å². The third-order valence-electron chi connectivity index (χ3n) is 7.59. The molecule has 1 unspecified atom stereocenters. The molecule has 1 aromatic heterocycles. The van der Waals surface area contributed by atoms with Crippen molar-refractivity contribution in [3.8, 4) is 0 Å². The van der Waals surface area contributed by atoms with Crippen LogP contribution in [0.15, 0.2) is 61.4 Å². The van der Waals surface area contributed by atoms with E-state index < -0.39 is 10.0 Å². The van der Waals surface area contributed by atoms with E-state index in [2.05, 4.69) is 26.8 Å². The zero-order chi connectivity index (χ0) is 24.0. The van der Waals surface area contributed by atoms with Crippen molar-refractivity contribution in [2.75, 3.05) is 46.3 Å². The number of benzene rings is 1. The van der Waals surface area contributed by atoms with Gasteiger partial charge in [0.15, 0.2) is 0 Å². The van der Waals surface area contributed by atoms with Gasteiger partial charge in [0.1, 0.15) is 17.3 Å². The molecule has 5 heterocycles. The Labute approximate surface area is 210 Å². The third kappa shape index (κ3) is 4.26. The van der Waals surface area contributed by atoms with E-state index >= 15 is 0 Å². The summed E-state index contributed by atoms with van der Waals surface area (Å²) in [4.78, 5) is 19.3. The lowest BCUT2D eigenvalue weighted by Gasteiger charge is -2.38. The Morgan fingerprint density at radius 2 is 1.74 bits per heavy atom. The number of fused-ring (bicyclic) bond motifs is 2. The van der Waals surface area contributed by atoms with Crippen molar-refractivity contribution in [3.05, 3.63) is 41.5 Å². The number of hydrogen-bond acceptors (Lipinski definition) is 8. The Balaban J connectivity index is 1.16. The maximum Gasteiger partial charge on any atom is 0.244 e. The Hall–Kier alpha value is -2.40. The lowest BCUT2D eigenvalue weighted by Crippen LogP contribution is -2.47. The van der Waals surface area contributed by atoms with Gasteiger partial charge in [-0.3, -0.25) is 9.98 Å². The molecule has 184 valence electrons. The minimum Gasteiger partial charge on any atom is -0.371 e. The summed E-state index contributed by atoms with van der Waals surface area (Å²) in [6.07, 6.45) is 6.04. The maximum absolute atomic E-state index is 13.4. The van der Waals surface area contributed by atoms with Crippen molar-refractivity contribution < 1.29 is 8.42 Å². The van der Waals surface area contributed by atoms with Crippen LogP contribution >= 0.6 is 11.3 Å². The predicted octanol–water partition coefficient (Wildman–Crippen LogP) is 3.09. The standard InChI is InChI=1S/C25H30N6O2S2/c1-29-10-12-30(13-11-29)19-14-21-25(26-15-19)24(28-17-27-21)18-6-8-31(9-7-18)35(32,33)23-16-34-22-5-3-2-4-20(22)23/h2-5,15-18,21H,6-14H2,1H3. The number of sulfonamides is 1. The molecule has 6 rings (SSSR count). The molecule has 4 aliphatic rings. The minimum absolute atomic E-state index is 0.0149. The lowest BCUT2D eigenvalue weighted by atomic mass is 9.85. The van der Waals surface area contributed by atoms with Gasteiger partial charge in [-0.05, 0) is 26.0 Å². The van der Waals surface area contributed by atoms with Crippen molar-refractivity contribution in [1.82, 2.24) is 14.1 Å². The fraction of sp³-hybridized carbons (Fsp3) is 0.480. The van der Waals surface area contributed by atoms with Crippen molar-refractivity contribution in [2.45, 2.75) is 30.2 Å². The van der Waals surface area contributed by atoms with Gasteiger partial charge in [-0.2, -0.15) is 4.31 Å². The van der Waals surface area contributed by atoms with Crippen LogP contribution in [0.5, 0.6) is 0 Å². The minimum atomic E-state index is -3.52. The van der Waals surface area contributed by atoms with Crippen LogP contribution in [0.4, 0.5) is 0 Å². The van der Waals surface area contributed by atoms with Crippen LogP contribution in [0.25, 0.3) is 10.1 Å². The average molecular weight is 511 g/mol. The molecule has 4 aliphatic heterocycles. The first kappa shape index (κ1) is 23.0. The van der Waals surface area contributed by atoms with Crippen LogP contribution in [0.1, 0.15) is 19.3 Å². The highest BCUT2D eigenvalue weighted by Gasteiger charge is 2.37. The van der Waals surface area contributed by atoms with Gasteiger partial charge in [-0.25, -0.2) is 13.4 Å². The second kappa shape index (κ2) is 9.24. The first-order chi connectivity index (χ1) is 17.0. The topological polar surface area (TPSA) is 80.9 Å². The summed E-state index contributed by atoms with van der Waals surface area (Å²) in [5.74, 6) is 0.201. The molecular weight excluding hydrogens is 480 g/mol. The van der Waals surface area contributed by atoms with E-state index in [1.54, 1.807) is 16.0 Å². The van der Waals surface area contributed by atoms with Gasteiger partial charge >= 0.3 is 0 Å². The summed E-state index contributed by atoms with van der Waals surface area (Å²) in [5.41, 5.74) is 3.22. The highest BCUT2D eigenvalue weighted by Crippen LogP contribution is 2.34. The summed E-state index contributed by atoms with van der Waals surface area (Å²) in [7, 11) is -1.35. The lowest BCUT2D eigenvalue weighted by molar-refractivity contribution is 0.181. The molecular formula is C25H30N6O2S2. The van der Waals surface area contributed by atoms with Crippen LogP contribution in [0.3, 0.4) is 0 Å². The van der Waals surface area contributed by atoms with Crippen LogP contribution in [-0.2, 0) is 10.0 Å². The molecule has 35 heavy (non-hydrogen) atoms. The molecule has 0 spiro atoms. The maximum atomic E-state index is 13.4. The molecule has 2 aromatic rings. The Bertz CT molecular complexity index is 1340. The summed E-state index contributed by atoms with van der Waals surface area (Å²) in [5, 5.41) is 2.59. The fourth-order valence-electron chi connectivity index (χ4n) is 5.46. The molecule has 0 radical (unpaired) electrons. The Morgan fingerprint density at radius 1 is 0.971 bits per heavy atom. The summed E-state index contributed by atoms with van der Waals surface area (Å²) in [6.45, 7) is 5.17. The number of likely N-dealkylation sites (N-methyl/N-ethyl adjacent to an activating group) is 1. The number of hydrogen-bond donors (Lipinski definition) is 0.